The van der Waals surface area contributed by atoms with E-state index in [2.05, 4.69) is 10.3 Å². The molecular formula is C11H8ClN3S. The molecule has 2 aromatic rings. The Labute approximate surface area is 102 Å². The van der Waals surface area contributed by atoms with Gasteiger partial charge in [-0.25, -0.2) is 4.98 Å². The number of anilines is 2. The maximum atomic E-state index is 8.74. The number of nitrogens with one attached hydrogen (secondary N) is 1. The normalized spacial score (nSPS) is 9.81. The first-order valence-electron chi connectivity index (χ1n) is 4.58. The van der Waals surface area contributed by atoms with E-state index in [0.717, 1.165) is 15.7 Å². The predicted molar refractivity (Wildman–Crippen MR) is 66.3 cm³/mol. The van der Waals surface area contributed by atoms with E-state index >= 15 is 0 Å². The average molecular weight is 250 g/mol. The molecule has 0 fully saturated rings. The highest BCUT2D eigenvalue weighted by molar-refractivity contribution is 7.15. The molecule has 0 saturated heterocycles. The number of hydrogen-bond acceptors (Lipinski definition) is 4. The first-order valence-corrected chi connectivity index (χ1v) is 5.77. The van der Waals surface area contributed by atoms with E-state index in [1.165, 1.54) is 0 Å². The van der Waals surface area contributed by atoms with Crippen molar-refractivity contribution < 1.29 is 0 Å². The zero-order valence-electron chi connectivity index (χ0n) is 8.49. The summed E-state index contributed by atoms with van der Waals surface area (Å²) < 4.78 is 0. The van der Waals surface area contributed by atoms with Gasteiger partial charge in [-0.15, -0.1) is 11.3 Å². The van der Waals surface area contributed by atoms with Crippen molar-refractivity contribution in [2.24, 2.45) is 0 Å². The minimum Gasteiger partial charge on any atom is -0.331 e. The molecule has 80 valence electrons. The van der Waals surface area contributed by atoms with Crippen LogP contribution >= 0.6 is 22.9 Å². The molecule has 1 N–H and O–H groups in total. The van der Waals surface area contributed by atoms with Gasteiger partial charge in [-0.1, -0.05) is 11.6 Å². The van der Waals surface area contributed by atoms with Gasteiger partial charge in [0.05, 0.1) is 10.6 Å². The molecule has 0 spiro atoms. The summed E-state index contributed by atoms with van der Waals surface area (Å²) in [4.78, 5) is 5.32. The second kappa shape index (κ2) is 4.52. The number of hydrogen-bond donors (Lipinski definition) is 1. The molecule has 1 heterocycles. The molecule has 0 unspecified atom stereocenters. The lowest BCUT2D eigenvalue weighted by molar-refractivity contribution is 1.36. The van der Waals surface area contributed by atoms with Crippen LogP contribution in [0.25, 0.3) is 0 Å². The van der Waals surface area contributed by atoms with Crippen molar-refractivity contribution in [3.8, 4) is 6.07 Å². The van der Waals surface area contributed by atoms with Crippen LogP contribution < -0.4 is 5.32 Å². The van der Waals surface area contributed by atoms with E-state index in [9.17, 15) is 0 Å². The number of thiazole rings is 1. The Kier molecular flexibility index (Phi) is 3.09. The summed E-state index contributed by atoms with van der Waals surface area (Å²) in [5, 5.41) is 13.1. The Morgan fingerprint density at radius 3 is 2.88 bits per heavy atom. The van der Waals surface area contributed by atoms with Gasteiger partial charge in [0.25, 0.3) is 0 Å². The molecule has 5 heteroatoms. The molecule has 2 rings (SSSR count). The number of nitrogens with zero attached hydrogens (tertiary/aromatic N) is 2. The molecule has 0 aliphatic heterocycles. The maximum Gasteiger partial charge on any atom is 0.187 e. The summed E-state index contributed by atoms with van der Waals surface area (Å²) in [5.74, 6) is 0. The lowest BCUT2D eigenvalue weighted by Gasteiger charge is -2.03. The van der Waals surface area contributed by atoms with Crippen molar-refractivity contribution in [2.75, 3.05) is 5.32 Å². The summed E-state index contributed by atoms with van der Waals surface area (Å²) in [5.41, 5.74) is 1.31. The van der Waals surface area contributed by atoms with Gasteiger partial charge in [0, 0.05) is 16.8 Å². The molecule has 1 aromatic carbocycles. The van der Waals surface area contributed by atoms with E-state index < -0.39 is 0 Å². The minimum atomic E-state index is 0.445. The summed E-state index contributed by atoms with van der Waals surface area (Å²) >= 11 is 7.49. The number of nitriles is 1. The lowest BCUT2D eigenvalue weighted by Crippen LogP contribution is -1.89. The number of rotatable bonds is 2. The smallest absolute Gasteiger partial charge is 0.187 e. The van der Waals surface area contributed by atoms with Gasteiger partial charge in [-0.2, -0.15) is 5.26 Å². The molecule has 0 aliphatic rings. The maximum absolute atomic E-state index is 8.74. The van der Waals surface area contributed by atoms with E-state index in [-0.39, 0.29) is 0 Å². The third-order valence-corrected chi connectivity index (χ3v) is 3.10. The summed E-state index contributed by atoms with van der Waals surface area (Å²) in [7, 11) is 0. The van der Waals surface area contributed by atoms with Crippen molar-refractivity contribution in [3.05, 3.63) is 39.9 Å². The highest BCUT2D eigenvalue weighted by Gasteiger charge is 2.03. The van der Waals surface area contributed by atoms with Crippen LogP contribution in [0.5, 0.6) is 0 Å². The molecule has 0 radical (unpaired) electrons. The first kappa shape index (κ1) is 10.9. The SMILES string of the molecule is Cc1cnc(Nc2ccc(C#N)c(Cl)c2)s1. The van der Waals surface area contributed by atoms with Crippen LogP contribution in [-0.2, 0) is 0 Å². The Bertz CT molecular complexity index is 557. The first-order chi connectivity index (χ1) is 7.69. The van der Waals surface area contributed by atoms with Crippen molar-refractivity contribution in [1.29, 1.82) is 5.26 Å². The fourth-order valence-electron chi connectivity index (χ4n) is 1.22. The van der Waals surface area contributed by atoms with Gasteiger partial charge in [-0.3, -0.25) is 0 Å². The Morgan fingerprint density at radius 2 is 2.31 bits per heavy atom. The molecule has 0 saturated carbocycles. The van der Waals surface area contributed by atoms with Crippen molar-refractivity contribution >= 4 is 33.8 Å². The van der Waals surface area contributed by atoms with E-state index in [1.807, 2.05) is 13.0 Å². The zero-order chi connectivity index (χ0) is 11.5. The average Bonchev–Trinajstić information content (AvgIpc) is 2.64. The van der Waals surface area contributed by atoms with Gasteiger partial charge in [0.15, 0.2) is 5.13 Å². The molecule has 0 amide bonds. The summed E-state index contributed by atoms with van der Waals surface area (Å²) in [6.07, 6.45) is 1.80. The minimum absolute atomic E-state index is 0.445. The van der Waals surface area contributed by atoms with Crippen molar-refractivity contribution in [1.82, 2.24) is 4.98 Å². The van der Waals surface area contributed by atoms with Crippen LogP contribution in [0.3, 0.4) is 0 Å². The van der Waals surface area contributed by atoms with Gasteiger partial charge in [0.2, 0.25) is 0 Å². The van der Waals surface area contributed by atoms with Crippen LogP contribution in [0.1, 0.15) is 10.4 Å². The van der Waals surface area contributed by atoms with Crippen molar-refractivity contribution in [3.63, 3.8) is 0 Å². The van der Waals surface area contributed by atoms with E-state index in [4.69, 9.17) is 16.9 Å². The van der Waals surface area contributed by atoms with Gasteiger partial charge in [-0.05, 0) is 25.1 Å². The molecular weight excluding hydrogens is 242 g/mol. The third-order valence-electron chi connectivity index (χ3n) is 1.96. The Hall–Kier alpha value is -1.57. The van der Waals surface area contributed by atoms with E-state index in [0.29, 0.717) is 10.6 Å². The fourth-order valence-corrected chi connectivity index (χ4v) is 2.13. The fraction of sp³-hybridized carbons (Fsp3) is 0.0909. The van der Waals surface area contributed by atoms with Crippen LogP contribution in [0.4, 0.5) is 10.8 Å². The summed E-state index contributed by atoms with van der Waals surface area (Å²) in [6, 6.07) is 7.23. The molecule has 0 atom stereocenters. The van der Waals surface area contributed by atoms with Crippen LogP contribution in [0.15, 0.2) is 24.4 Å². The lowest BCUT2D eigenvalue weighted by atomic mass is 10.2. The Morgan fingerprint density at radius 1 is 1.50 bits per heavy atom. The van der Waals surface area contributed by atoms with Crippen molar-refractivity contribution in [2.45, 2.75) is 6.92 Å². The second-order valence-corrected chi connectivity index (χ2v) is 4.85. The van der Waals surface area contributed by atoms with Crippen LogP contribution in [0.2, 0.25) is 5.02 Å². The topological polar surface area (TPSA) is 48.7 Å². The summed E-state index contributed by atoms with van der Waals surface area (Å²) in [6.45, 7) is 1.99. The number of benzene rings is 1. The highest BCUT2D eigenvalue weighted by Crippen LogP contribution is 2.25. The van der Waals surface area contributed by atoms with Crippen LogP contribution in [-0.4, -0.2) is 4.98 Å². The Balaban J connectivity index is 2.23. The van der Waals surface area contributed by atoms with Gasteiger partial charge < -0.3 is 5.32 Å². The van der Waals surface area contributed by atoms with Gasteiger partial charge in [0.1, 0.15) is 6.07 Å². The standard InChI is InChI=1S/C11H8ClN3S/c1-7-6-14-11(16-7)15-9-3-2-8(5-13)10(12)4-9/h2-4,6H,1H3,(H,14,15). The number of aromatic nitrogens is 1. The predicted octanol–water partition coefficient (Wildman–Crippen LogP) is 3.72. The highest BCUT2D eigenvalue weighted by atomic mass is 35.5. The van der Waals surface area contributed by atoms with Gasteiger partial charge >= 0.3 is 0 Å². The second-order valence-electron chi connectivity index (χ2n) is 3.21. The third kappa shape index (κ3) is 2.32. The molecule has 0 bridgehead atoms. The molecule has 16 heavy (non-hydrogen) atoms. The van der Waals surface area contributed by atoms with Crippen LogP contribution in [0, 0.1) is 18.3 Å². The monoisotopic (exact) mass is 249 g/mol. The number of halogens is 1. The van der Waals surface area contributed by atoms with E-state index in [1.54, 1.807) is 35.7 Å². The molecule has 1 aromatic heterocycles. The number of aryl methyl sites for hydroxylation is 1. The molecule has 3 nitrogen and oxygen atoms in total. The largest absolute Gasteiger partial charge is 0.331 e. The molecule has 0 aliphatic carbocycles. The quantitative estimate of drug-likeness (QED) is 0.883. The zero-order valence-corrected chi connectivity index (χ0v) is 10.1.